The maximum Gasteiger partial charge on any atom is 0.417 e. The molecule has 7 heteroatoms. The second-order valence-electron chi connectivity index (χ2n) is 4.76. The van der Waals surface area contributed by atoms with Gasteiger partial charge in [0.05, 0.1) is 17.5 Å². The maximum absolute atomic E-state index is 12.9. The Morgan fingerprint density at radius 3 is 2.17 bits per heavy atom. The fourth-order valence-electron chi connectivity index (χ4n) is 2.01. The quantitative estimate of drug-likeness (QED) is 0.904. The van der Waals surface area contributed by atoms with Gasteiger partial charge in [0, 0.05) is 5.69 Å². The van der Waals surface area contributed by atoms with Gasteiger partial charge in [0.1, 0.15) is 0 Å². The molecule has 0 fully saturated rings. The van der Waals surface area contributed by atoms with E-state index in [1.54, 1.807) is 0 Å². The van der Waals surface area contributed by atoms with E-state index < -0.39 is 29.2 Å². The number of carboxylic acid groups (broad SMARTS) is 1. The minimum atomic E-state index is -4.63. The standard InChI is InChI=1S/C16H12F3NO3/c17-16(18,19)13-4-2-1-3-12(13)15(23)20-11-7-5-10(6-8-11)9-14(21)22/h1-8H,9H2,(H,20,23)(H,21,22). The van der Waals surface area contributed by atoms with E-state index in [1.807, 2.05) is 0 Å². The Kier molecular flexibility index (Phi) is 4.68. The molecule has 0 bridgehead atoms. The van der Waals surface area contributed by atoms with Crippen LogP contribution in [0.4, 0.5) is 18.9 Å². The van der Waals surface area contributed by atoms with Crippen LogP contribution in [0.25, 0.3) is 0 Å². The number of nitrogens with one attached hydrogen (secondary N) is 1. The van der Waals surface area contributed by atoms with Crippen molar-refractivity contribution in [2.45, 2.75) is 12.6 Å². The van der Waals surface area contributed by atoms with Crippen molar-refractivity contribution in [3.63, 3.8) is 0 Å². The summed E-state index contributed by atoms with van der Waals surface area (Å²) in [6.07, 6.45) is -4.80. The zero-order valence-electron chi connectivity index (χ0n) is 11.7. The normalized spacial score (nSPS) is 11.1. The van der Waals surface area contributed by atoms with Crippen molar-refractivity contribution in [2.75, 3.05) is 5.32 Å². The first-order chi connectivity index (χ1) is 10.8. The van der Waals surface area contributed by atoms with Crippen molar-refractivity contribution >= 4 is 17.6 Å². The summed E-state index contributed by atoms with van der Waals surface area (Å²) in [5, 5.41) is 11.0. The Hall–Kier alpha value is -2.83. The summed E-state index contributed by atoms with van der Waals surface area (Å²) in [6, 6.07) is 10.3. The lowest BCUT2D eigenvalue weighted by Gasteiger charge is -2.12. The number of carboxylic acids is 1. The lowest BCUT2D eigenvalue weighted by molar-refractivity contribution is -0.138. The van der Waals surface area contributed by atoms with E-state index >= 15 is 0 Å². The molecular weight excluding hydrogens is 311 g/mol. The number of halogens is 3. The molecule has 2 aromatic rings. The van der Waals surface area contributed by atoms with Crippen molar-refractivity contribution in [1.29, 1.82) is 0 Å². The third-order valence-corrected chi connectivity index (χ3v) is 3.04. The first kappa shape index (κ1) is 16.5. The van der Waals surface area contributed by atoms with Crippen LogP contribution in [0.2, 0.25) is 0 Å². The summed E-state index contributed by atoms with van der Waals surface area (Å²) in [4.78, 5) is 22.6. The molecule has 23 heavy (non-hydrogen) atoms. The van der Waals surface area contributed by atoms with E-state index in [2.05, 4.69) is 5.32 Å². The van der Waals surface area contributed by atoms with Crippen LogP contribution in [-0.4, -0.2) is 17.0 Å². The predicted octanol–water partition coefficient (Wildman–Crippen LogP) is 3.58. The lowest BCUT2D eigenvalue weighted by Crippen LogP contribution is -2.18. The number of carbonyl (C=O) groups is 2. The Morgan fingerprint density at radius 1 is 1.00 bits per heavy atom. The first-order valence-electron chi connectivity index (χ1n) is 6.55. The van der Waals surface area contributed by atoms with E-state index in [0.717, 1.165) is 12.1 Å². The molecule has 0 unspecified atom stereocenters. The van der Waals surface area contributed by atoms with Gasteiger partial charge in [-0.25, -0.2) is 0 Å². The van der Waals surface area contributed by atoms with Gasteiger partial charge in [0.15, 0.2) is 0 Å². The molecule has 0 aliphatic rings. The Bertz CT molecular complexity index is 724. The largest absolute Gasteiger partial charge is 0.481 e. The van der Waals surface area contributed by atoms with E-state index in [4.69, 9.17) is 5.11 Å². The summed E-state index contributed by atoms with van der Waals surface area (Å²) in [6.45, 7) is 0. The van der Waals surface area contributed by atoms with E-state index in [-0.39, 0.29) is 12.1 Å². The molecule has 2 aromatic carbocycles. The van der Waals surface area contributed by atoms with E-state index in [9.17, 15) is 22.8 Å². The highest BCUT2D eigenvalue weighted by molar-refractivity contribution is 6.05. The number of alkyl halides is 3. The summed E-state index contributed by atoms with van der Waals surface area (Å²) in [5.74, 6) is -1.88. The number of hydrogen-bond acceptors (Lipinski definition) is 2. The number of hydrogen-bond donors (Lipinski definition) is 2. The number of rotatable bonds is 4. The Morgan fingerprint density at radius 2 is 1.61 bits per heavy atom. The fourth-order valence-corrected chi connectivity index (χ4v) is 2.01. The smallest absolute Gasteiger partial charge is 0.417 e. The minimum Gasteiger partial charge on any atom is -0.481 e. The highest BCUT2D eigenvalue weighted by Crippen LogP contribution is 2.32. The highest BCUT2D eigenvalue weighted by Gasteiger charge is 2.34. The van der Waals surface area contributed by atoms with Gasteiger partial charge in [-0.3, -0.25) is 9.59 Å². The summed E-state index contributed by atoms with van der Waals surface area (Å²) in [7, 11) is 0. The molecule has 0 radical (unpaired) electrons. The lowest BCUT2D eigenvalue weighted by atomic mass is 10.1. The molecule has 0 aliphatic heterocycles. The Labute approximate surface area is 129 Å². The van der Waals surface area contributed by atoms with Gasteiger partial charge in [0.2, 0.25) is 0 Å². The van der Waals surface area contributed by atoms with Crippen molar-refractivity contribution in [3.05, 3.63) is 65.2 Å². The highest BCUT2D eigenvalue weighted by atomic mass is 19.4. The fraction of sp³-hybridized carbons (Fsp3) is 0.125. The van der Waals surface area contributed by atoms with Gasteiger partial charge >= 0.3 is 12.1 Å². The van der Waals surface area contributed by atoms with Crippen LogP contribution in [0.5, 0.6) is 0 Å². The molecular formula is C16H12F3NO3. The number of anilines is 1. The first-order valence-corrected chi connectivity index (χ1v) is 6.55. The van der Waals surface area contributed by atoms with Gasteiger partial charge in [-0.2, -0.15) is 13.2 Å². The average Bonchev–Trinajstić information content (AvgIpc) is 2.48. The van der Waals surface area contributed by atoms with Crippen LogP contribution in [-0.2, 0) is 17.4 Å². The monoisotopic (exact) mass is 323 g/mol. The number of carbonyl (C=O) groups excluding carboxylic acids is 1. The molecule has 0 spiro atoms. The number of aliphatic carboxylic acids is 1. The van der Waals surface area contributed by atoms with Crippen molar-refractivity contribution in [3.8, 4) is 0 Å². The SMILES string of the molecule is O=C(O)Cc1ccc(NC(=O)c2ccccc2C(F)(F)F)cc1. The van der Waals surface area contributed by atoms with Crippen LogP contribution in [0, 0.1) is 0 Å². The molecule has 0 atom stereocenters. The van der Waals surface area contributed by atoms with Crippen LogP contribution >= 0.6 is 0 Å². The van der Waals surface area contributed by atoms with Crippen LogP contribution < -0.4 is 5.32 Å². The number of amides is 1. The van der Waals surface area contributed by atoms with Gasteiger partial charge in [-0.15, -0.1) is 0 Å². The van der Waals surface area contributed by atoms with Gasteiger partial charge < -0.3 is 10.4 Å². The molecule has 0 aliphatic carbocycles. The summed E-state index contributed by atoms with van der Waals surface area (Å²) < 4.78 is 38.7. The Balaban J connectivity index is 2.18. The molecule has 4 nitrogen and oxygen atoms in total. The zero-order valence-corrected chi connectivity index (χ0v) is 11.7. The van der Waals surface area contributed by atoms with Gasteiger partial charge in [0.25, 0.3) is 5.91 Å². The van der Waals surface area contributed by atoms with Crippen molar-refractivity contribution < 1.29 is 27.9 Å². The molecule has 1 amide bonds. The topological polar surface area (TPSA) is 66.4 Å². The second-order valence-corrected chi connectivity index (χ2v) is 4.76. The predicted molar refractivity (Wildman–Crippen MR) is 77.2 cm³/mol. The minimum absolute atomic E-state index is 0.175. The second kappa shape index (κ2) is 6.51. The van der Waals surface area contributed by atoms with E-state index in [0.29, 0.717) is 5.56 Å². The molecule has 2 rings (SSSR count). The zero-order chi connectivity index (χ0) is 17.0. The number of benzene rings is 2. The van der Waals surface area contributed by atoms with Crippen molar-refractivity contribution in [1.82, 2.24) is 0 Å². The third-order valence-electron chi connectivity index (χ3n) is 3.04. The van der Waals surface area contributed by atoms with E-state index in [1.165, 1.54) is 36.4 Å². The molecule has 0 saturated heterocycles. The molecule has 0 heterocycles. The molecule has 0 aromatic heterocycles. The van der Waals surface area contributed by atoms with Gasteiger partial charge in [-0.05, 0) is 29.8 Å². The van der Waals surface area contributed by atoms with Crippen LogP contribution in [0.15, 0.2) is 48.5 Å². The summed E-state index contributed by atoms with van der Waals surface area (Å²) in [5.41, 5.74) is -0.693. The van der Waals surface area contributed by atoms with Crippen molar-refractivity contribution in [2.24, 2.45) is 0 Å². The van der Waals surface area contributed by atoms with Crippen LogP contribution in [0.1, 0.15) is 21.5 Å². The molecule has 0 saturated carbocycles. The van der Waals surface area contributed by atoms with Crippen LogP contribution in [0.3, 0.4) is 0 Å². The maximum atomic E-state index is 12.9. The average molecular weight is 323 g/mol. The molecule has 2 N–H and O–H groups in total. The van der Waals surface area contributed by atoms with Gasteiger partial charge in [-0.1, -0.05) is 24.3 Å². The third kappa shape index (κ3) is 4.32. The summed E-state index contributed by atoms with van der Waals surface area (Å²) >= 11 is 0. The molecule has 120 valence electrons.